The molecule has 0 amide bonds. The maximum Gasteiger partial charge on any atom is 0.323 e. The van der Waals surface area contributed by atoms with Crippen molar-refractivity contribution in [1.29, 1.82) is 0 Å². The van der Waals surface area contributed by atoms with Crippen molar-refractivity contribution in [2.75, 3.05) is 6.54 Å². The number of carboxylic acids is 1. The van der Waals surface area contributed by atoms with Gasteiger partial charge in [-0.3, -0.25) is 9.69 Å². The van der Waals surface area contributed by atoms with Crippen LogP contribution in [0.15, 0.2) is 4.52 Å². The lowest BCUT2D eigenvalue weighted by atomic mass is 9.88. The minimum atomic E-state index is -0.819. The molecule has 1 aromatic rings. The van der Waals surface area contributed by atoms with Crippen molar-refractivity contribution in [3.63, 3.8) is 0 Å². The van der Waals surface area contributed by atoms with Crippen molar-refractivity contribution in [3.05, 3.63) is 11.7 Å². The molecule has 0 spiro atoms. The molecule has 2 heterocycles. The molecule has 1 N–H and O–H groups in total. The van der Waals surface area contributed by atoms with Crippen LogP contribution in [0.4, 0.5) is 0 Å². The molecular formula is C11H17N3O3. The fourth-order valence-electron chi connectivity index (χ4n) is 2.24. The first-order valence-electron chi connectivity index (χ1n) is 5.80. The minimum Gasteiger partial charge on any atom is -0.480 e. The summed E-state index contributed by atoms with van der Waals surface area (Å²) >= 11 is 0. The predicted molar refractivity (Wildman–Crippen MR) is 59.3 cm³/mol. The van der Waals surface area contributed by atoms with Crippen LogP contribution in [0.3, 0.4) is 0 Å². The first-order chi connectivity index (χ1) is 8.02. The van der Waals surface area contributed by atoms with Gasteiger partial charge in [-0.1, -0.05) is 5.16 Å². The van der Waals surface area contributed by atoms with E-state index >= 15 is 0 Å². The van der Waals surface area contributed by atoms with E-state index in [-0.39, 0.29) is 0 Å². The first-order valence-corrected chi connectivity index (χ1v) is 5.80. The molecule has 17 heavy (non-hydrogen) atoms. The highest BCUT2D eigenvalue weighted by atomic mass is 16.5. The highest BCUT2D eigenvalue weighted by molar-refractivity contribution is 5.78. The number of aromatic nitrogens is 2. The molecular weight excluding hydrogens is 222 g/mol. The third kappa shape index (κ3) is 2.31. The molecule has 6 nitrogen and oxygen atoms in total. The van der Waals surface area contributed by atoms with Crippen LogP contribution >= 0.6 is 0 Å². The van der Waals surface area contributed by atoms with E-state index in [0.29, 0.717) is 24.7 Å². The molecule has 1 saturated heterocycles. The standard InChI is InChI=1S/C11H17N3O3/c1-8-12-9(17-13-8)7-14-6-4-3-5-11(14,2)10(15)16/h3-7H2,1-2H3,(H,15,16). The van der Waals surface area contributed by atoms with Gasteiger partial charge in [-0.15, -0.1) is 0 Å². The maximum atomic E-state index is 11.4. The summed E-state index contributed by atoms with van der Waals surface area (Å²) < 4.78 is 5.04. The van der Waals surface area contributed by atoms with Gasteiger partial charge in [0.25, 0.3) is 0 Å². The molecule has 94 valence electrons. The minimum absolute atomic E-state index is 0.406. The Labute approximate surface area is 99.6 Å². The fourth-order valence-corrected chi connectivity index (χ4v) is 2.24. The summed E-state index contributed by atoms with van der Waals surface area (Å²) in [5, 5.41) is 13.1. The number of carbonyl (C=O) groups is 1. The van der Waals surface area contributed by atoms with Gasteiger partial charge in [-0.2, -0.15) is 4.98 Å². The van der Waals surface area contributed by atoms with Gasteiger partial charge in [0.2, 0.25) is 5.89 Å². The van der Waals surface area contributed by atoms with Crippen molar-refractivity contribution in [1.82, 2.24) is 15.0 Å². The molecule has 6 heteroatoms. The lowest BCUT2D eigenvalue weighted by molar-refractivity contribution is -0.153. The van der Waals surface area contributed by atoms with Crippen LogP contribution < -0.4 is 0 Å². The Morgan fingerprint density at radius 2 is 2.35 bits per heavy atom. The number of aryl methyl sites for hydroxylation is 1. The second-order valence-corrected chi connectivity index (χ2v) is 4.69. The summed E-state index contributed by atoms with van der Waals surface area (Å²) in [7, 11) is 0. The van der Waals surface area contributed by atoms with Crippen molar-refractivity contribution < 1.29 is 14.4 Å². The Hall–Kier alpha value is -1.43. The van der Waals surface area contributed by atoms with E-state index in [1.54, 1.807) is 13.8 Å². The molecule has 0 aliphatic carbocycles. The molecule has 1 unspecified atom stereocenters. The van der Waals surface area contributed by atoms with E-state index < -0.39 is 11.5 Å². The largest absolute Gasteiger partial charge is 0.480 e. The third-order valence-electron chi connectivity index (χ3n) is 3.40. The van der Waals surface area contributed by atoms with Gasteiger partial charge in [0, 0.05) is 0 Å². The number of rotatable bonds is 3. The van der Waals surface area contributed by atoms with Crippen LogP contribution in [0.25, 0.3) is 0 Å². The van der Waals surface area contributed by atoms with Gasteiger partial charge in [-0.25, -0.2) is 0 Å². The predicted octanol–water partition coefficient (Wildman–Crippen LogP) is 1.21. The molecule has 0 aromatic carbocycles. The summed E-state index contributed by atoms with van der Waals surface area (Å²) in [5.41, 5.74) is -0.819. The Balaban J connectivity index is 2.14. The second-order valence-electron chi connectivity index (χ2n) is 4.69. The molecule has 1 aliphatic heterocycles. The zero-order valence-electron chi connectivity index (χ0n) is 10.1. The molecule has 1 fully saturated rings. The van der Waals surface area contributed by atoms with Crippen molar-refractivity contribution in [2.24, 2.45) is 0 Å². The van der Waals surface area contributed by atoms with Crippen molar-refractivity contribution >= 4 is 5.97 Å². The zero-order valence-corrected chi connectivity index (χ0v) is 10.1. The number of likely N-dealkylation sites (tertiary alicyclic amines) is 1. The Morgan fingerprint density at radius 3 is 2.94 bits per heavy atom. The monoisotopic (exact) mass is 239 g/mol. The second kappa shape index (κ2) is 4.44. The first kappa shape index (κ1) is 12.0. The van der Waals surface area contributed by atoms with Gasteiger partial charge < -0.3 is 9.63 Å². The summed E-state index contributed by atoms with van der Waals surface area (Å²) in [6, 6.07) is 0. The molecule has 0 bridgehead atoms. The van der Waals surface area contributed by atoms with E-state index in [1.165, 1.54) is 0 Å². The normalized spacial score (nSPS) is 26.0. The molecule has 1 atom stereocenters. The topological polar surface area (TPSA) is 79.5 Å². The highest BCUT2D eigenvalue weighted by Crippen LogP contribution is 2.29. The Morgan fingerprint density at radius 1 is 1.59 bits per heavy atom. The third-order valence-corrected chi connectivity index (χ3v) is 3.40. The van der Waals surface area contributed by atoms with Gasteiger partial charge in [0.1, 0.15) is 5.54 Å². The number of piperidine rings is 1. The number of aliphatic carboxylic acids is 1. The Bertz CT molecular complexity index is 418. The van der Waals surface area contributed by atoms with Crippen LogP contribution in [-0.4, -0.2) is 38.2 Å². The average Bonchev–Trinajstić information content (AvgIpc) is 2.67. The van der Waals surface area contributed by atoms with Crippen LogP contribution in [0.2, 0.25) is 0 Å². The quantitative estimate of drug-likeness (QED) is 0.854. The number of carboxylic acid groups (broad SMARTS) is 1. The molecule has 0 radical (unpaired) electrons. The molecule has 2 rings (SSSR count). The van der Waals surface area contributed by atoms with Gasteiger partial charge >= 0.3 is 5.97 Å². The van der Waals surface area contributed by atoms with Gasteiger partial charge in [-0.05, 0) is 39.7 Å². The molecule has 1 aliphatic rings. The highest BCUT2D eigenvalue weighted by Gasteiger charge is 2.41. The van der Waals surface area contributed by atoms with Crippen LogP contribution in [-0.2, 0) is 11.3 Å². The van der Waals surface area contributed by atoms with E-state index in [0.717, 1.165) is 19.4 Å². The molecule has 1 aromatic heterocycles. The van der Waals surface area contributed by atoms with E-state index in [1.807, 2.05) is 4.90 Å². The number of hydrogen-bond acceptors (Lipinski definition) is 5. The maximum absolute atomic E-state index is 11.4. The Kier molecular flexibility index (Phi) is 3.15. The van der Waals surface area contributed by atoms with E-state index in [4.69, 9.17) is 4.52 Å². The van der Waals surface area contributed by atoms with Gasteiger partial charge in [0.15, 0.2) is 5.82 Å². The molecule has 0 saturated carbocycles. The summed E-state index contributed by atoms with van der Waals surface area (Å²) in [5.74, 6) is 0.277. The number of nitrogens with zero attached hydrogens (tertiary/aromatic N) is 3. The van der Waals surface area contributed by atoms with Crippen LogP contribution in [0.1, 0.15) is 37.9 Å². The van der Waals surface area contributed by atoms with E-state index in [9.17, 15) is 9.90 Å². The van der Waals surface area contributed by atoms with Gasteiger partial charge in [0.05, 0.1) is 6.54 Å². The van der Waals surface area contributed by atoms with Crippen LogP contribution in [0, 0.1) is 6.92 Å². The van der Waals surface area contributed by atoms with Crippen LogP contribution in [0.5, 0.6) is 0 Å². The fraction of sp³-hybridized carbons (Fsp3) is 0.727. The number of hydrogen-bond donors (Lipinski definition) is 1. The van der Waals surface area contributed by atoms with Crippen molar-refractivity contribution in [2.45, 2.75) is 45.2 Å². The smallest absolute Gasteiger partial charge is 0.323 e. The summed E-state index contributed by atoms with van der Waals surface area (Å²) in [6.07, 6.45) is 2.62. The summed E-state index contributed by atoms with van der Waals surface area (Å²) in [6.45, 7) is 4.67. The summed E-state index contributed by atoms with van der Waals surface area (Å²) in [4.78, 5) is 17.4. The van der Waals surface area contributed by atoms with E-state index in [2.05, 4.69) is 10.1 Å². The lowest BCUT2D eigenvalue weighted by Gasteiger charge is -2.40. The van der Waals surface area contributed by atoms with Crippen molar-refractivity contribution in [3.8, 4) is 0 Å². The zero-order chi connectivity index (χ0) is 12.5. The lowest BCUT2D eigenvalue weighted by Crippen LogP contribution is -2.54. The SMILES string of the molecule is Cc1noc(CN2CCCCC2(C)C(=O)O)n1. The average molecular weight is 239 g/mol.